The zero-order valence-corrected chi connectivity index (χ0v) is 7.90. The molecule has 0 aliphatic rings. The Morgan fingerprint density at radius 3 is 2.69 bits per heavy atom. The number of ether oxygens (including phenoxy) is 1. The summed E-state index contributed by atoms with van der Waals surface area (Å²) in [5.74, 6) is 0. The molecule has 0 aromatic carbocycles. The van der Waals surface area contributed by atoms with Gasteiger partial charge in [-0.15, -0.1) is 0 Å². The number of aromatic nitrogens is 1. The third-order valence-corrected chi connectivity index (χ3v) is 1.77. The maximum atomic E-state index is 10.8. The average molecular weight is 181 g/mol. The Labute approximate surface area is 78.0 Å². The molecule has 0 radical (unpaired) electrons. The highest BCUT2D eigenvalue weighted by Gasteiger charge is 1.89. The quantitative estimate of drug-likeness (QED) is 0.641. The van der Waals surface area contributed by atoms with Gasteiger partial charge in [-0.2, -0.15) is 0 Å². The van der Waals surface area contributed by atoms with Gasteiger partial charge in [0.05, 0.1) is 0 Å². The zero-order chi connectivity index (χ0) is 9.52. The molecule has 0 spiro atoms. The fourth-order valence-electron chi connectivity index (χ4n) is 1.09. The van der Waals surface area contributed by atoms with Crippen LogP contribution in [0.15, 0.2) is 29.3 Å². The first-order valence-electron chi connectivity index (χ1n) is 4.57. The van der Waals surface area contributed by atoms with Crippen LogP contribution in [0, 0.1) is 0 Å². The molecule has 1 aromatic heterocycles. The van der Waals surface area contributed by atoms with Gasteiger partial charge in [0.15, 0.2) is 5.43 Å². The Hall–Kier alpha value is -1.09. The Bertz CT molecular complexity index is 273. The van der Waals surface area contributed by atoms with Crippen molar-refractivity contribution in [2.45, 2.75) is 19.9 Å². The van der Waals surface area contributed by atoms with Crippen LogP contribution in [0.2, 0.25) is 0 Å². The Kier molecular flexibility index (Phi) is 4.26. The van der Waals surface area contributed by atoms with Crippen molar-refractivity contribution in [3.63, 3.8) is 0 Å². The predicted octanol–water partition coefficient (Wildman–Crippen LogP) is 1.27. The van der Waals surface area contributed by atoms with Gasteiger partial charge in [0.1, 0.15) is 0 Å². The van der Waals surface area contributed by atoms with Crippen molar-refractivity contribution < 1.29 is 4.74 Å². The monoisotopic (exact) mass is 181 g/mol. The van der Waals surface area contributed by atoms with Crippen LogP contribution < -0.4 is 5.43 Å². The molecule has 0 aliphatic carbocycles. The summed E-state index contributed by atoms with van der Waals surface area (Å²) < 4.78 is 7.19. The smallest absolute Gasteiger partial charge is 0.181 e. The van der Waals surface area contributed by atoms with E-state index in [0.717, 1.165) is 26.2 Å². The third kappa shape index (κ3) is 3.90. The van der Waals surface area contributed by atoms with Crippen molar-refractivity contribution in [3.8, 4) is 0 Å². The highest BCUT2D eigenvalue weighted by Crippen LogP contribution is 1.90. The van der Waals surface area contributed by atoms with Crippen LogP contribution in [-0.2, 0) is 11.3 Å². The number of rotatable bonds is 5. The molecule has 0 fully saturated rings. The third-order valence-electron chi connectivity index (χ3n) is 1.77. The minimum atomic E-state index is 0.0565. The van der Waals surface area contributed by atoms with Gasteiger partial charge in [-0.3, -0.25) is 4.79 Å². The van der Waals surface area contributed by atoms with Gasteiger partial charge in [-0.25, -0.2) is 0 Å². The molecular formula is C10H15NO2. The summed E-state index contributed by atoms with van der Waals surface area (Å²) in [6.45, 7) is 4.44. The second kappa shape index (κ2) is 5.54. The normalized spacial score (nSPS) is 10.2. The lowest BCUT2D eigenvalue weighted by Crippen LogP contribution is -2.05. The zero-order valence-electron chi connectivity index (χ0n) is 7.90. The summed E-state index contributed by atoms with van der Waals surface area (Å²) in [5, 5.41) is 0. The molecule has 3 nitrogen and oxygen atoms in total. The Morgan fingerprint density at radius 2 is 2.08 bits per heavy atom. The number of nitrogens with zero attached hydrogens (tertiary/aromatic N) is 1. The van der Waals surface area contributed by atoms with E-state index in [2.05, 4.69) is 0 Å². The van der Waals surface area contributed by atoms with E-state index in [9.17, 15) is 4.79 Å². The average Bonchev–Trinajstić information content (AvgIpc) is 2.15. The van der Waals surface area contributed by atoms with Crippen LogP contribution in [0.5, 0.6) is 0 Å². The van der Waals surface area contributed by atoms with E-state index >= 15 is 0 Å². The summed E-state index contributed by atoms with van der Waals surface area (Å²) in [6.07, 6.45) is 4.58. The van der Waals surface area contributed by atoms with Crippen LogP contribution in [0.4, 0.5) is 0 Å². The first-order valence-corrected chi connectivity index (χ1v) is 4.57. The highest BCUT2D eigenvalue weighted by atomic mass is 16.5. The summed E-state index contributed by atoms with van der Waals surface area (Å²) in [7, 11) is 0. The highest BCUT2D eigenvalue weighted by molar-refractivity contribution is 4.93. The molecule has 1 heterocycles. The summed E-state index contributed by atoms with van der Waals surface area (Å²) in [6, 6.07) is 3.14. The standard InChI is InChI=1S/C10H15NO2/c1-2-13-9-3-6-11-7-4-10(12)5-8-11/h4-5,7-8H,2-3,6,9H2,1H3. The van der Waals surface area contributed by atoms with Crippen molar-refractivity contribution in [2.24, 2.45) is 0 Å². The van der Waals surface area contributed by atoms with Gasteiger partial charge in [0.25, 0.3) is 0 Å². The lowest BCUT2D eigenvalue weighted by atomic mass is 10.4. The van der Waals surface area contributed by atoms with Crippen LogP contribution in [0.25, 0.3) is 0 Å². The van der Waals surface area contributed by atoms with E-state index in [1.165, 1.54) is 0 Å². The van der Waals surface area contributed by atoms with Gasteiger partial charge in [0, 0.05) is 44.3 Å². The van der Waals surface area contributed by atoms with Crippen LogP contribution >= 0.6 is 0 Å². The van der Waals surface area contributed by atoms with E-state index in [1.807, 2.05) is 11.5 Å². The van der Waals surface area contributed by atoms with Crippen molar-refractivity contribution in [3.05, 3.63) is 34.7 Å². The number of pyridine rings is 1. The largest absolute Gasteiger partial charge is 0.382 e. The van der Waals surface area contributed by atoms with Gasteiger partial charge in [-0.05, 0) is 13.3 Å². The summed E-state index contributed by atoms with van der Waals surface area (Å²) >= 11 is 0. The Morgan fingerprint density at radius 1 is 1.38 bits per heavy atom. The van der Waals surface area contributed by atoms with E-state index in [0.29, 0.717) is 0 Å². The van der Waals surface area contributed by atoms with Crippen molar-refractivity contribution in [1.29, 1.82) is 0 Å². The van der Waals surface area contributed by atoms with Gasteiger partial charge >= 0.3 is 0 Å². The van der Waals surface area contributed by atoms with Crippen LogP contribution in [-0.4, -0.2) is 17.8 Å². The molecule has 3 heteroatoms. The van der Waals surface area contributed by atoms with E-state index in [1.54, 1.807) is 24.5 Å². The topological polar surface area (TPSA) is 31.2 Å². The van der Waals surface area contributed by atoms with Crippen molar-refractivity contribution in [1.82, 2.24) is 4.57 Å². The molecule has 1 rings (SSSR count). The van der Waals surface area contributed by atoms with Gasteiger partial charge in [0.2, 0.25) is 0 Å². The molecule has 0 saturated carbocycles. The molecule has 72 valence electrons. The van der Waals surface area contributed by atoms with E-state index in [4.69, 9.17) is 4.74 Å². The maximum Gasteiger partial charge on any atom is 0.181 e. The lowest BCUT2D eigenvalue weighted by Gasteiger charge is -2.04. The van der Waals surface area contributed by atoms with Crippen molar-refractivity contribution in [2.75, 3.05) is 13.2 Å². The van der Waals surface area contributed by atoms with Gasteiger partial charge in [-0.1, -0.05) is 0 Å². The van der Waals surface area contributed by atoms with Crippen molar-refractivity contribution >= 4 is 0 Å². The second-order valence-corrected chi connectivity index (χ2v) is 2.82. The Balaban J connectivity index is 2.29. The fourth-order valence-corrected chi connectivity index (χ4v) is 1.09. The molecule has 0 bridgehead atoms. The van der Waals surface area contributed by atoms with Gasteiger partial charge < -0.3 is 9.30 Å². The predicted molar refractivity (Wildman–Crippen MR) is 51.8 cm³/mol. The lowest BCUT2D eigenvalue weighted by molar-refractivity contribution is 0.141. The molecule has 1 aromatic rings. The maximum absolute atomic E-state index is 10.8. The SMILES string of the molecule is CCOCCCn1ccc(=O)cc1. The minimum absolute atomic E-state index is 0.0565. The minimum Gasteiger partial charge on any atom is -0.382 e. The first-order chi connectivity index (χ1) is 6.33. The molecule has 0 aliphatic heterocycles. The van der Waals surface area contributed by atoms with E-state index in [-0.39, 0.29) is 5.43 Å². The molecule has 13 heavy (non-hydrogen) atoms. The molecule has 0 amide bonds. The first kappa shape index (κ1) is 9.99. The molecule has 0 saturated heterocycles. The fraction of sp³-hybridized carbons (Fsp3) is 0.500. The van der Waals surface area contributed by atoms with Crippen LogP contribution in [0.1, 0.15) is 13.3 Å². The second-order valence-electron chi connectivity index (χ2n) is 2.82. The number of aryl methyl sites for hydroxylation is 1. The molecule has 0 N–H and O–H groups in total. The van der Waals surface area contributed by atoms with Crippen LogP contribution in [0.3, 0.4) is 0 Å². The van der Waals surface area contributed by atoms with E-state index < -0.39 is 0 Å². The summed E-state index contributed by atoms with van der Waals surface area (Å²) in [5.41, 5.74) is 0.0565. The molecular weight excluding hydrogens is 166 g/mol. The molecule has 0 unspecified atom stereocenters. The summed E-state index contributed by atoms with van der Waals surface area (Å²) in [4.78, 5) is 10.8. The molecule has 0 atom stereocenters. The number of hydrogen-bond acceptors (Lipinski definition) is 2. The number of hydrogen-bond donors (Lipinski definition) is 0.